The highest BCUT2D eigenvalue weighted by molar-refractivity contribution is 6.05. The molecule has 0 aliphatic carbocycles. The van der Waals surface area contributed by atoms with Crippen LogP contribution in [-0.2, 0) is 4.74 Å². The van der Waals surface area contributed by atoms with Crippen LogP contribution in [0.4, 0.5) is 11.4 Å². The molecule has 4 rings (SSSR count). The summed E-state index contributed by atoms with van der Waals surface area (Å²) >= 11 is 0. The molecular formula is C23H28N2O6. The third-order valence-corrected chi connectivity index (χ3v) is 5.07. The van der Waals surface area contributed by atoms with Crippen molar-refractivity contribution in [3.63, 3.8) is 0 Å². The van der Waals surface area contributed by atoms with E-state index in [1.165, 1.54) is 0 Å². The Bertz CT molecular complexity index is 927. The van der Waals surface area contributed by atoms with Gasteiger partial charge in [0.15, 0.2) is 11.5 Å². The Labute approximate surface area is 182 Å². The molecule has 2 aromatic carbocycles. The molecule has 1 saturated heterocycles. The Morgan fingerprint density at radius 2 is 1.65 bits per heavy atom. The van der Waals surface area contributed by atoms with Gasteiger partial charge in [0.1, 0.15) is 24.7 Å². The van der Waals surface area contributed by atoms with Gasteiger partial charge in [-0.2, -0.15) is 0 Å². The fraction of sp³-hybridized carbons (Fsp3) is 0.435. The molecule has 1 amide bonds. The predicted octanol–water partition coefficient (Wildman–Crippen LogP) is 3.34. The van der Waals surface area contributed by atoms with Crippen LogP contribution in [0.15, 0.2) is 30.3 Å². The monoisotopic (exact) mass is 428 g/mol. The van der Waals surface area contributed by atoms with Gasteiger partial charge in [0.25, 0.3) is 5.91 Å². The molecule has 0 atom stereocenters. The lowest BCUT2D eigenvalue weighted by Crippen LogP contribution is -2.36. The van der Waals surface area contributed by atoms with Gasteiger partial charge in [-0.1, -0.05) is 0 Å². The van der Waals surface area contributed by atoms with E-state index in [0.29, 0.717) is 73.9 Å². The first kappa shape index (κ1) is 21.1. The molecule has 31 heavy (non-hydrogen) atoms. The molecule has 2 aromatic rings. The summed E-state index contributed by atoms with van der Waals surface area (Å²) in [7, 11) is 0. The van der Waals surface area contributed by atoms with Crippen molar-refractivity contribution in [3.05, 3.63) is 35.9 Å². The largest absolute Gasteiger partial charge is 0.492 e. The third-order valence-electron chi connectivity index (χ3n) is 5.07. The molecule has 0 aromatic heterocycles. The number of hydrogen-bond donors (Lipinski definition) is 1. The van der Waals surface area contributed by atoms with Gasteiger partial charge in [-0.3, -0.25) is 4.79 Å². The first-order chi connectivity index (χ1) is 15.2. The van der Waals surface area contributed by atoms with Crippen molar-refractivity contribution in [1.82, 2.24) is 0 Å². The van der Waals surface area contributed by atoms with Gasteiger partial charge in [0.05, 0.1) is 37.8 Å². The van der Waals surface area contributed by atoms with E-state index >= 15 is 0 Å². The van der Waals surface area contributed by atoms with Gasteiger partial charge in [-0.25, -0.2) is 0 Å². The zero-order valence-electron chi connectivity index (χ0n) is 17.9. The minimum Gasteiger partial charge on any atom is -0.492 e. The molecule has 0 saturated carbocycles. The van der Waals surface area contributed by atoms with Crippen molar-refractivity contribution in [2.75, 3.05) is 62.9 Å². The number of amides is 1. The second kappa shape index (κ2) is 9.78. The zero-order chi connectivity index (χ0) is 21.6. The quantitative estimate of drug-likeness (QED) is 0.725. The van der Waals surface area contributed by atoms with Gasteiger partial charge >= 0.3 is 0 Å². The van der Waals surface area contributed by atoms with Gasteiger partial charge in [0, 0.05) is 30.8 Å². The summed E-state index contributed by atoms with van der Waals surface area (Å²) < 4.78 is 28.4. The minimum absolute atomic E-state index is 0.264. The molecule has 0 bridgehead atoms. The molecular weight excluding hydrogens is 400 g/mol. The smallest absolute Gasteiger partial charge is 0.255 e. The van der Waals surface area contributed by atoms with Crippen LogP contribution in [0.2, 0.25) is 0 Å². The molecule has 0 spiro atoms. The van der Waals surface area contributed by atoms with Crippen LogP contribution in [-0.4, -0.2) is 58.6 Å². The SMILES string of the molecule is CCOc1cc(N2CCOCC2)c(OCC)cc1NC(=O)c1ccc2c(c1)OCCO2. The maximum absolute atomic E-state index is 13.0. The van der Waals surface area contributed by atoms with Crippen LogP contribution in [0.3, 0.4) is 0 Å². The highest BCUT2D eigenvalue weighted by Crippen LogP contribution is 2.40. The Morgan fingerprint density at radius 3 is 2.39 bits per heavy atom. The summed E-state index contributed by atoms with van der Waals surface area (Å²) in [6.07, 6.45) is 0. The number of hydrogen-bond acceptors (Lipinski definition) is 7. The molecule has 2 aliphatic rings. The second-order valence-corrected chi connectivity index (χ2v) is 7.09. The van der Waals surface area contributed by atoms with E-state index in [1.54, 1.807) is 18.2 Å². The van der Waals surface area contributed by atoms with E-state index in [1.807, 2.05) is 26.0 Å². The lowest BCUT2D eigenvalue weighted by Gasteiger charge is -2.31. The molecule has 1 N–H and O–H groups in total. The average Bonchev–Trinajstić information content (AvgIpc) is 2.81. The number of rotatable bonds is 7. The summed E-state index contributed by atoms with van der Waals surface area (Å²) in [5.74, 6) is 2.25. The molecule has 2 aliphatic heterocycles. The van der Waals surface area contributed by atoms with Crippen molar-refractivity contribution in [1.29, 1.82) is 0 Å². The molecule has 8 nitrogen and oxygen atoms in total. The molecule has 166 valence electrons. The number of morpholine rings is 1. The number of ether oxygens (including phenoxy) is 5. The summed E-state index contributed by atoms with van der Waals surface area (Å²) in [5.41, 5.74) is 1.97. The van der Waals surface area contributed by atoms with E-state index in [4.69, 9.17) is 23.7 Å². The maximum atomic E-state index is 13.0. The second-order valence-electron chi connectivity index (χ2n) is 7.09. The van der Waals surface area contributed by atoms with Crippen molar-refractivity contribution < 1.29 is 28.5 Å². The van der Waals surface area contributed by atoms with Crippen LogP contribution in [0, 0.1) is 0 Å². The number of nitrogens with zero attached hydrogens (tertiary/aromatic N) is 1. The number of nitrogens with one attached hydrogen (secondary N) is 1. The summed E-state index contributed by atoms with van der Waals surface area (Å²) in [5, 5.41) is 2.96. The average molecular weight is 428 g/mol. The lowest BCUT2D eigenvalue weighted by atomic mass is 10.1. The van der Waals surface area contributed by atoms with Crippen molar-refractivity contribution >= 4 is 17.3 Å². The van der Waals surface area contributed by atoms with E-state index < -0.39 is 0 Å². The van der Waals surface area contributed by atoms with E-state index in [-0.39, 0.29) is 5.91 Å². The van der Waals surface area contributed by atoms with E-state index in [2.05, 4.69) is 10.2 Å². The third kappa shape index (κ3) is 4.80. The highest BCUT2D eigenvalue weighted by atomic mass is 16.6. The van der Waals surface area contributed by atoms with E-state index in [9.17, 15) is 4.79 Å². The Balaban J connectivity index is 1.63. The van der Waals surface area contributed by atoms with Crippen LogP contribution >= 0.6 is 0 Å². The van der Waals surface area contributed by atoms with Gasteiger partial charge in [0.2, 0.25) is 0 Å². The summed E-state index contributed by atoms with van der Waals surface area (Å²) in [4.78, 5) is 15.2. The molecule has 2 heterocycles. The Hall–Kier alpha value is -3.13. The first-order valence-electron chi connectivity index (χ1n) is 10.7. The Morgan fingerprint density at radius 1 is 0.935 bits per heavy atom. The zero-order valence-corrected chi connectivity index (χ0v) is 17.9. The summed E-state index contributed by atoms with van der Waals surface area (Å²) in [6.45, 7) is 8.69. The molecule has 0 radical (unpaired) electrons. The first-order valence-corrected chi connectivity index (χ1v) is 10.7. The molecule has 0 unspecified atom stereocenters. The van der Waals surface area contributed by atoms with Crippen molar-refractivity contribution in [3.8, 4) is 23.0 Å². The van der Waals surface area contributed by atoms with Crippen LogP contribution in [0.25, 0.3) is 0 Å². The lowest BCUT2D eigenvalue weighted by molar-refractivity contribution is 0.102. The van der Waals surface area contributed by atoms with Gasteiger partial charge in [-0.15, -0.1) is 0 Å². The van der Waals surface area contributed by atoms with Gasteiger partial charge in [-0.05, 0) is 32.0 Å². The normalized spacial score (nSPS) is 15.4. The summed E-state index contributed by atoms with van der Waals surface area (Å²) in [6, 6.07) is 8.92. The van der Waals surface area contributed by atoms with E-state index in [0.717, 1.165) is 18.8 Å². The number of benzene rings is 2. The predicted molar refractivity (Wildman–Crippen MR) is 117 cm³/mol. The standard InChI is InChI=1S/C23H28N2O6/c1-3-28-20-15-18(25-7-9-27-10-8-25)21(29-4-2)14-17(20)24-23(26)16-5-6-19-22(13-16)31-12-11-30-19/h5-6,13-15H,3-4,7-12H2,1-2H3,(H,24,26). The number of fused-ring (bicyclic) bond motifs is 1. The highest BCUT2D eigenvalue weighted by Gasteiger charge is 2.21. The topological polar surface area (TPSA) is 78.5 Å². The number of carbonyl (C=O) groups excluding carboxylic acids is 1. The minimum atomic E-state index is -0.264. The van der Waals surface area contributed by atoms with Crippen LogP contribution in [0.5, 0.6) is 23.0 Å². The number of anilines is 2. The fourth-order valence-corrected chi connectivity index (χ4v) is 3.62. The molecule has 8 heteroatoms. The fourth-order valence-electron chi connectivity index (χ4n) is 3.62. The van der Waals surface area contributed by atoms with Crippen LogP contribution in [0.1, 0.15) is 24.2 Å². The van der Waals surface area contributed by atoms with Crippen molar-refractivity contribution in [2.24, 2.45) is 0 Å². The van der Waals surface area contributed by atoms with Crippen LogP contribution < -0.4 is 29.2 Å². The maximum Gasteiger partial charge on any atom is 0.255 e. The number of carbonyl (C=O) groups is 1. The molecule has 1 fully saturated rings. The Kier molecular flexibility index (Phi) is 6.66. The van der Waals surface area contributed by atoms with Crippen molar-refractivity contribution in [2.45, 2.75) is 13.8 Å². The van der Waals surface area contributed by atoms with Gasteiger partial charge < -0.3 is 33.9 Å².